The van der Waals surface area contributed by atoms with E-state index in [1.807, 2.05) is 7.05 Å². The van der Waals surface area contributed by atoms with Crippen molar-refractivity contribution in [3.05, 3.63) is 35.4 Å². The SMILES string of the molecule is CN1CCC2(CC1)OC[C@H](C(=O)O)N2C(=O)c1ccc(F)c(F)c1. The summed E-state index contributed by atoms with van der Waals surface area (Å²) in [6.45, 7) is 1.18. The average Bonchev–Trinajstić information content (AvgIpc) is 2.92. The largest absolute Gasteiger partial charge is 0.480 e. The lowest BCUT2D eigenvalue weighted by Gasteiger charge is -2.43. The van der Waals surface area contributed by atoms with Gasteiger partial charge in [0.1, 0.15) is 5.72 Å². The second-order valence-corrected chi connectivity index (χ2v) is 6.22. The number of likely N-dealkylation sites (tertiary alicyclic amines) is 1. The Morgan fingerprint density at radius 2 is 1.92 bits per heavy atom. The predicted molar refractivity (Wildman–Crippen MR) is 79.4 cm³/mol. The van der Waals surface area contributed by atoms with E-state index < -0.39 is 35.3 Å². The van der Waals surface area contributed by atoms with Crippen LogP contribution in [0.1, 0.15) is 23.2 Å². The second kappa shape index (κ2) is 6.10. The lowest BCUT2D eigenvalue weighted by molar-refractivity contribution is -0.143. The number of hydrogen-bond acceptors (Lipinski definition) is 4. The zero-order valence-electron chi connectivity index (χ0n) is 13.2. The Bertz CT molecular complexity index is 674. The van der Waals surface area contributed by atoms with E-state index in [1.54, 1.807) is 0 Å². The van der Waals surface area contributed by atoms with Gasteiger partial charge in [0, 0.05) is 31.5 Å². The van der Waals surface area contributed by atoms with Crippen LogP contribution in [0.25, 0.3) is 0 Å². The molecule has 1 aromatic carbocycles. The van der Waals surface area contributed by atoms with Crippen LogP contribution in [0.4, 0.5) is 8.78 Å². The zero-order valence-corrected chi connectivity index (χ0v) is 13.2. The van der Waals surface area contributed by atoms with Gasteiger partial charge in [-0.05, 0) is 25.2 Å². The highest BCUT2D eigenvalue weighted by Gasteiger charge is 2.53. The average molecular weight is 340 g/mol. The summed E-state index contributed by atoms with van der Waals surface area (Å²) in [5.74, 6) is -4.05. The molecule has 24 heavy (non-hydrogen) atoms. The molecule has 2 fully saturated rings. The van der Waals surface area contributed by atoms with Crippen LogP contribution in [-0.2, 0) is 9.53 Å². The van der Waals surface area contributed by atoms with Gasteiger partial charge in [0.2, 0.25) is 0 Å². The molecule has 2 heterocycles. The van der Waals surface area contributed by atoms with Crippen molar-refractivity contribution in [2.45, 2.75) is 24.6 Å². The Morgan fingerprint density at radius 3 is 2.50 bits per heavy atom. The number of piperidine rings is 1. The molecule has 130 valence electrons. The summed E-state index contributed by atoms with van der Waals surface area (Å²) >= 11 is 0. The minimum Gasteiger partial charge on any atom is -0.480 e. The lowest BCUT2D eigenvalue weighted by Crippen LogP contribution is -2.57. The first-order chi connectivity index (χ1) is 11.3. The highest BCUT2D eigenvalue weighted by molar-refractivity contribution is 5.97. The van der Waals surface area contributed by atoms with Gasteiger partial charge in [0.15, 0.2) is 17.7 Å². The quantitative estimate of drug-likeness (QED) is 0.879. The minimum atomic E-state index is -1.18. The monoisotopic (exact) mass is 340 g/mol. The van der Waals surface area contributed by atoms with Crippen LogP contribution < -0.4 is 0 Å². The zero-order chi connectivity index (χ0) is 17.5. The number of carbonyl (C=O) groups excluding carboxylic acids is 1. The fourth-order valence-electron chi connectivity index (χ4n) is 3.29. The normalized spacial score (nSPS) is 23.6. The van der Waals surface area contributed by atoms with Gasteiger partial charge in [-0.2, -0.15) is 0 Å². The van der Waals surface area contributed by atoms with Crippen LogP contribution in [0.2, 0.25) is 0 Å². The molecule has 8 heteroatoms. The molecule has 1 spiro atoms. The smallest absolute Gasteiger partial charge is 0.328 e. The number of amides is 1. The molecule has 1 N–H and O–H groups in total. The third-order valence-electron chi connectivity index (χ3n) is 4.70. The van der Waals surface area contributed by atoms with Crippen molar-refractivity contribution in [1.29, 1.82) is 0 Å². The number of halogens is 2. The van der Waals surface area contributed by atoms with Crippen molar-refractivity contribution in [2.24, 2.45) is 0 Å². The molecule has 1 amide bonds. The number of rotatable bonds is 2. The van der Waals surface area contributed by atoms with Crippen LogP contribution >= 0.6 is 0 Å². The molecule has 2 aliphatic heterocycles. The van der Waals surface area contributed by atoms with Crippen LogP contribution in [0, 0.1) is 11.6 Å². The molecule has 0 bridgehead atoms. The third-order valence-corrected chi connectivity index (χ3v) is 4.70. The Hall–Kier alpha value is -2.06. The van der Waals surface area contributed by atoms with Gasteiger partial charge < -0.3 is 14.7 Å². The summed E-state index contributed by atoms with van der Waals surface area (Å²) in [6, 6.07) is 1.66. The van der Waals surface area contributed by atoms with Crippen molar-refractivity contribution in [3.8, 4) is 0 Å². The first-order valence-electron chi connectivity index (χ1n) is 7.68. The molecule has 3 rings (SSSR count). The first kappa shape index (κ1) is 16.8. The molecule has 6 nitrogen and oxygen atoms in total. The molecule has 2 aliphatic rings. The highest BCUT2D eigenvalue weighted by Crippen LogP contribution is 2.38. The highest BCUT2D eigenvalue weighted by atomic mass is 19.2. The number of carboxylic acid groups (broad SMARTS) is 1. The van der Waals surface area contributed by atoms with Crippen LogP contribution in [-0.4, -0.2) is 65.3 Å². The molecule has 1 aromatic rings. The molecule has 0 unspecified atom stereocenters. The maximum atomic E-state index is 13.5. The number of carboxylic acids is 1. The van der Waals surface area contributed by atoms with Gasteiger partial charge in [-0.1, -0.05) is 0 Å². The summed E-state index contributed by atoms with van der Waals surface area (Å²) in [5, 5.41) is 9.43. The Labute approximate surface area is 137 Å². The summed E-state index contributed by atoms with van der Waals surface area (Å²) in [5.41, 5.74) is -1.11. The topological polar surface area (TPSA) is 70.1 Å². The van der Waals surface area contributed by atoms with E-state index in [2.05, 4.69) is 4.90 Å². The van der Waals surface area contributed by atoms with Crippen molar-refractivity contribution >= 4 is 11.9 Å². The first-order valence-corrected chi connectivity index (χ1v) is 7.68. The number of nitrogens with zero attached hydrogens (tertiary/aromatic N) is 2. The van der Waals surface area contributed by atoms with Crippen LogP contribution in [0.5, 0.6) is 0 Å². The molecular weight excluding hydrogens is 322 g/mol. The van der Waals surface area contributed by atoms with Gasteiger partial charge in [-0.15, -0.1) is 0 Å². The van der Waals surface area contributed by atoms with Crippen LogP contribution in [0.15, 0.2) is 18.2 Å². The molecule has 0 aliphatic carbocycles. The molecule has 0 saturated carbocycles. The van der Waals surface area contributed by atoms with Crippen molar-refractivity contribution < 1.29 is 28.2 Å². The fraction of sp³-hybridized carbons (Fsp3) is 0.500. The number of hydrogen-bond donors (Lipinski definition) is 1. The fourth-order valence-corrected chi connectivity index (χ4v) is 3.29. The Morgan fingerprint density at radius 1 is 1.25 bits per heavy atom. The molecule has 1 atom stereocenters. The minimum absolute atomic E-state index is 0.0936. The number of carbonyl (C=O) groups is 2. The predicted octanol–water partition coefficient (Wildman–Crippen LogP) is 1.31. The molecule has 0 aromatic heterocycles. The third kappa shape index (κ3) is 2.76. The molecule has 2 saturated heterocycles. The molecule has 0 radical (unpaired) electrons. The van der Waals surface area contributed by atoms with E-state index in [0.717, 1.165) is 18.2 Å². The maximum Gasteiger partial charge on any atom is 0.328 e. The maximum absolute atomic E-state index is 13.5. The molecular formula is C16H18F2N2O4. The van der Waals surface area contributed by atoms with E-state index in [-0.39, 0.29) is 12.2 Å². The summed E-state index contributed by atoms with van der Waals surface area (Å²) in [6.07, 6.45) is 0.922. The van der Waals surface area contributed by atoms with Gasteiger partial charge in [0.25, 0.3) is 5.91 Å². The van der Waals surface area contributed by atoms with Gasteiger partial charge in [0.05, 0.1) is 6.61 Å². The standard InChI is InChI=1S/C16H18F2N2O4/c1-19-6-4-16(5-7-19)20(13(9-24-16)15(22)23)14(21)10-2-3-11(17)12(18)8-10/h2-3,8,13H,4-7,9H2,1H3,(H,22,23)/t13-/m1/s1. The van der Waals surface area contributed by atoms with Crippen LogP contribution in [0.3, 0.4) is 0 Å². The van der Waals surface area contributed by atoms with Gasteiger partial charge >= 0.3 is 5.97 Å². The van der Waals surface area contributed by atoms with E-state index in [0.29, 0.717) is 25.9 Å². The Balaban J connectivity index is 1.96. The number of aliphatic carboxylic acids is 1. The van der Waals surface area contributed by atoms with E-state index >= 15 is 0 Å². The van der Waals surface area contributed by atoms with Crippen molar-refractivity contribution in [3.63, 3.8) is 0 Å². The van der Waals surface area contributed by atoms with Crippen molar-refractivity contribution in [1.82, 2.24) is 9.80 Å². The van der Waals surface area contributed by atoms with Gasteiger partial charge in [-0.3, -0.25) is 9.69 Å². The number of ether oxygens (including phenoxy) is 1. The second-order valence-electron chi connectivity index (χ2n) is 6.22. The van der Waals surface area contributed by atoms with Gasteiger partial charge in [-0.25, -0.2) is 13.6 Å². The van der Waals surface area contributed by atoms with Crippen molar-refractivity contribution in [2.75, 3.05) is 26.7 Å². The summed E-state index contributed by atoms with van der Waals surface area (Å²) in [4.78, 5) is 27.6. The summed E-state index contributed by atoms with van der Waals surface area (Å²) in [7, 11) is 1.93. The Kier molecular flexibility index (Phi) is 4.27. The van der Waals surface area contributed by atoms with E-state index in [1.165, 1.54) is 4.90 Å². The van der Waals surface area contributed by atoms with E-state index in [9.17, 15) is 23.5 Å². The lowest BCUT2D eigenvalue weighted by atomic mass is 9.97. The van der Waals surface area contributed by atoms with E-state index in [4.69, 9.17) is 4.74 Å². The summed E-state index contributed by atoms with van der Waals surface area (Å²) < 4.78 is 32.3. The number of benzene rings is 1.